The Balaban J connectivity index is 2.53. The molecule has 1 aromatic carbocycles. The fraction of sp³-hybridized carbons (Fsp3) is 0.333. The number of nitrogens with one attached hydrogen (secondary N) is 1. The average Bonchev–Trinajstić information content (AvgIpc) is 2.81. The minimum Gasteiger partial charge on any atom is -0.384 e. The molecule has 1 N–H and O–H groups in total. The van der Waals surface area contributed by atoms with Crippen molar-refractivity contribution in [2.75, 3.05) is 11.9 Å². The highest BCUT2D eigenvalue weighted by atomic mass is 16.2. The molecular formula is C15H16N2O2. The second-order valence-electron chi connectivity index (χ2n) is 5.11. The van der Waals surface area contributed by atoms with Gasteiger partial charge in [-0.05, 0) is 43.5 Å². The lowest BCUT2D eigenvalue weighted by Crippen LogP contribution is -2.27. The van der Waals surface area contributed by atoms with Gasteiger partial charge >= 0.3 is 0 Å². The molecule has 1 aliphatic rings. The average molecular weight is 256 g/mol. The standard InChI is InChI=1S/C15H16N2O2/c1-8-9(2)15(19)17(10(3)18)14-7-13-11(4-5-16-13)6-12(8)14/h6-7,16H,4-5H2,1-3H3. The van der Waals surface area contributed by atoms with Gasteiger partial charge in [-0.25, -0.2) is 4.57 Å². The zero-order valence-electron chi connectivity index (χ0n) is 11.3. The third kappa shape index (κ3) is 1.59. The maximum Gasteiger partial charge on any atom is 0.260 e. The highest BCUT2D eigenvalue weighted by Gasteiger charge is 2.18. The van der Waals surface area contributed by atoms with E-state index < -0.39 is 0 Å². The molecule has 1 aliphatic heterocycles. The number of hydrogen-bond donors (Lipinski definition) is 1. The lowest BCUT2D eigenvalue weighted by molar-refractivity contribution is 0.0937. The maximum atomic E-state index is 12.3. The maximum absolute atomic E-state index is 12.3. The summed E-state index contributed by atoms with van der Waals surface area (Å²) in [6.45, 7) is 6.06. The van der Waals surface area contributed by atoms with E-state index in [0.29, 0.717) is 11.1 Å². The van der Waals surface area contributed by atoms with E-state index in [0.717, 1.165) is 29.6 Å². The van der Waals surface area contributed by atoms with Gasteiger partial charge in [0.25, 0.3) is 5.56 Å². The first-order valence-corrected chi connectivity index (χ1v) is 6.44. The van der Waals surface area contributed by atoms with Crippen LogP contribution in [0.25, 0.3) is 10.9 Å². The molecule has 4 nitrogen and oxygen atoms in total. The number of carbonyl (C=O) groups excluding carboxylic acids is 1. The number of pyridine rings is 1. The van der Waals surface area contributed by atoms with Crippen LogP contribution in [0.2, 0.25) is 0 Å². The van der Waals surface area contributed by atoms with E-state index in [1.807, 2.05) is 13.0 Å². The lowest BCUT2D eigenvalue weighted by Gasteiger charge is -2.13. The molecule has 0 radical (unpaired) electrons. The predicted octanol–water partition coefficient (Wildman–Crippen LogP) is 2.25. The quantitative estimate of drug-likeness (QED) is 0.786. The van der Waals surface area contributed by atoms with Crippen molar-refractivity contribution >= 4 is 22.5 Å². The largest absolute Gasteiger partial charge is 0.384 e. The Labute approximate surface area is 111 Å². The van der Waals surface area contributed by atoms with Crippen LogP contribution in [0.3, 0.4) is 0 Å². The highest BCUT2D eigenvalue weighted by Crippen LogP contribution is 2.29. The van der Waals surface area contributed by atoms with Gasteiger partial charge in [0.1, 0.15) is 0 Å². The summed E-state index contributed by atoms with van der Waals surface area (Å²) >= 11 is 0. The van der Waals surface area contributed by atoms with E-state index in [-0.39, 0.29) is 11.5 Å². The molecule has 98 valence electrons. The summed E-state index contributed by atoms with van der Waals surface area (Å²) in [6.07, 6.45) is 0.989. The van der Waals surface area contributed by atoms with E-state index in [1.54, 1.807) is 6.92 Å². The number of aryl methyl sites for hydroxylation is 1. The van der Waals surface area contributed by atoms with Crippen LogP contribution in [0.15, 0.2) is 16.9 Å². The molecule has 3 rings (SSSR count). The van der Waals surface area contributed by atoms with Crippen molar-refractivity contribution in [2.24, 2.45) is 0 Å². The Hall–Kier alpha value is -2.10. The molecule has 4 heteroatoms. The number of fused-ring (bicyclic) bond motifs is 2. The molecule has 0 amide bonds. The Kier molecular flexibility index (Phi) is 2.49. The van der Waals surface area contributed by atoms with Crippen molar-refractivity contribution in [1.29, 1.82) is 0 Å². The first-order valence-electron chi connectivity index (χ1n) is 6.44. The van der Waals surface area contributed by atoms with Crippen molar-refractivity contribution < 1.29 is 4.79 Å². The van der Waals surface area contributed by atoms with Crippen LogP contribution in [-0.2, 0) is 6.42 Å². The van der Waals surface area contributed by atoms with Crippen molar-refractivity contribution in [2.45, 2.75) is 27.2 Å². The highest BCUT2D eigenvalue weighted by molar-refractivity contribution is 5.95. The van der Waals surface area contributed by atoms with Crippen molar-refractivity contribution in [1.82, 2.24) is 4.57 Å². The fourth-order valence-electron chi connectivity index (χ4n) is 2.77. The second kappa shape index (κ2) is 3.95. The summed E-state index contributed by atoms with van der Waals surface area (Å²) in [6, 6.07) is 4.03. The summed E-state index contributed by atoms with van der Waals surface area (Å²) in [5.74, 6) is -0.240. The number of nitrogens with zero attached hydrogens (tertiary/aromatic N) is 1. The van der Waals surface area contributed by atoms with Crippen LogP contribution in [0.4, 0.5) is 5.69 Å². The number of hydrogen-bond acceptors (Lipinski definition) is 3. The summed E-state index contributed by atoms with van der Waals surface area (Å²) in [7, 11) is 0. The molecule has 0 saturated carbocycles. The minimum absolute atomic E-state index is 0.213. The topological polar surface area (TPSA) is 51.1 Å². The summed E-state index contributed by atoms with van der Waals surface area (Å²) in [4.78, 5) is 24.1. The van der Waals surface area contributed by atoms with Crippen LogP contribution >= 0.6 is 0 Å². The Bertz CT molecular complexity index is 772. The van der Waals surface area contributed by atoms with Gasteiger partial charge in [-0.1, -0.05) is 0 Å². The van der Waals surface area contributed by atoms with E-state index in [1.165, 1.54) is 17.1 Å². The fourth-order valence-corrected chi connectivity index (χ4v) is 2.77. The van der Waals surface area contributed by atoms with Crippen LogP contribution in [0.1, 0.15) is 28.4 Å². The van der Waals surface area contributed by atoms with E-state index >= 15 is 0 Å². The second-order valence-corrected chi connectivity index (χ2v) is 5.11. The van der Waals surface area contributed by atoms with E-state index in [9.17, 15) is 9.59 Å². The Morgan fingerprint density at radius 3 is 2.68 bits per heavy atom. The van der Waals surface area contributed by atoms with Gasteiger partial charge in [-0.2, -0.15) is 0 Å². The molecule has 2 aromatic rings. The first-order chi connectivity index (χ1) is 9.00. The monoisotopic (exact) mass is 256 g/mol. The van der Waals surface area contributed by atoms with Crippen LogP contribution in [-0.4, -0.2) is 17.0 Å². The molecule has 0 aliphatic carbocycles. The van der Waals surface area contributed by atoms with Crippen molar-refractivity contribution in [3.05, 3.63) is 39.2 Å². The van der Waals surface area contributed by atoms with E-state index in [4.69, 9.17) is 0 Å². The van der Waals surface area contributed by atoms with Crippen molar-refractivity contribution in [3.63, 3.8) is 0 Å². The third-order valence-electron chi connectivity index (χ3n) is 3.98. The summed E-state index contributed by atoms with van der Waals surface area (Å²) in [5, 5.41) is 4.28. The number of rotatable bonds is 0. The van der Waals surface area contributed by atoms with Gasteiger partial charge in [0.2, 0.25) is 5.91 Å². The molecule has 1 aromatic heterocycles. The molecule has 0 bridgehead atoms. The molecular weight excluding hydrogens is 240 g/mol. The minimum atomic E-state index is -0.240. The van der Waals surface area contributed by atoms with Crippen LogP contribution in [0, 0.1) is 13.8 Å². The van der Waals surface area contributed by atoms with Gasteiger partial charge in [-0.3, -0.25) is 9.59 Å². The molecule has 0 atom stereocenters. The Morgan fingerprint density at radius 2 is 2.00 bits per heavy atom. The van der Waals surface area contributed by atoms with Gasteiger partial charge < -0.3 is 5.32 Å². The zero-order valence-corrected chi connectivity index (χ0v) is 11.3. The Morgan fingerprint density at radius 1 is 1.26 bits per heavy atom. The molecule has 0 unspecified atom stereocenters. The predicted molar refractivity (Wildman–Crippen MR) is 76.2 cm³/mol. The van der Waals surface area contributed by atoms with Gasteiger partial charge in [-0.15, -0.1) is 0 Å². The molecule has 0 spiro atoms. The molecule has 2 heterocycles. The lowest BCUT2D eigenvalue weighted by atomic mass is 10.0. The van der Waals surface area contributed by atoms with E-state index in [2.05, 4.69) is 11.4 Å². The number of carbonyl (C=O) groups is 1. The third-order valence-corrected chi connectivity index (χ3v) is 3.98. The number of benzene rings is 1. The smallest absolute Gasteiger partial charge is 0.260 e. The number of aromatic nitrogens is 1. The first kappa shape index (κ1) is 12.0. The molecule has 19 heavy (non-hydrogen) atoms. The normalized spacial score (nSPS) is 13.4. The van der Waals surface area contributed by atoms with Gasteiger partial charge in [0, 0.05) is 30.1 Å². The summed E-state index contributed by atoms with van der Waals surface area (Å²) in [5.41, 5.74) is 4.39. The van der Waals surface area contributed by atoms with Crippen LogP contribution in [0.5, 0.6) is 0 Å². The van der Waals surface area contributed by atoms with Gasteiger partial charge in [0.05, 0.1) is 5.52 Å². The summed E-state index contributed by atoms with van der Waals surface area (Å²) < 4.78 is 1.28. The SMILES string of the molecule is CC(=O)n1c(=O)c(C)c(C)c2cc3c(cc21)NCC3. The van der Waals surface area contributed by atoms with Crippen molar-refractivity contribution in [3.8, 4) is 0 Å². The zero-order chi connectivity index (χ0) is 13.7. The van der Waals surface area contributed by atoms with Crippen LogP contribution < -0.4 is 10.9 Å². The molecule has 0 saturated heterocycles. The number of anilines is 1. The molecule has 0 fully saturated rings. The van der Waals surface area contributed by atoms with Gasteiger partial charge in [0.15, 0.2) is 0 Å².